The zero-order chi connectivity index (χ0) is 19.3. The van der Waals surface area contributed by atoms with Crippen molar-refractivity contribution < 1.29 is 9.59 Å². The minimum atomic E-state index is -0.131. The van der Waals surface area contributed by atoms with Gasteiger partial charge < -0.3 is 15.2 Å². The van der Waals surface area contributed by atoms with Crippen molar-refractivity contribution in [3.63, 3.8) is 0 Å². The van der Waals surface area contributed by atoms with Crippen molar-refractivity contribution in [1.82, 2.24) is 19.9 Å². The Morgan fingerprint density at radius 1 is 1.11 bits per heavy atom. The molecule has 1 aliphatic rings. The fraction of sp³-hybridized carbons (Fsp3) is 0.300. The predicted molar refractivity (Wildman–Crippen MR) is 109 cm³/mol. The van der Waals surface area contributed by atoms with Crippen LogP contribution in [0.5, 0.6) is 0 Å². The third-order valence-electron chi connectivity index (χ3n) is 4.63. The summed E-state index contributed by atoms with van der Waals surface area (Å²) < 4.78 is 0. The zero-order valence-corrected chi connectivity index (χ0v) is 16.2. The normalized spacial score (nSPS) is 14.2. The van der Waals surface area contributed by atoms with E-state index in [1.165, 1.54) is 18.2 Å². The Morgan fingerprint density at radius 3 is 2.64 bits per heavy atom. The number of aromatic nitrogens is 3. The van der Waals surface area contributed by atoms with Gasteiger partial charge in [-0.3, -0.25) is 9.59 Å². The van der Waals surface area contributed by atoms with Gasteiger partial charge in [0.05, 0.1) is 11.3 Å². The summed E-state index contributed by atoms with van der Waals surface area (Å²) in [5.41, 5.74) is 2.81. The third kappa shape index (κ3) is 4.33. The Hall–Kier alpha value is -2.87. The molecule has 3 aromatic rings. The molecule has 28 heavy (non-hydrogen) atoms. The number of H-pyrrole nitrogens is 1. The van der Waals surface area contributed by atoms with Crippen LogP contribution in [0.2, 0.25) is 0 Å². The molecule has 144 valence electrons. The second-order valence-electron chi connectivity index (χ2n) is 6.68. The van der Waals surface area contributed by atoms with Crippen LogP contribution < -0.4 is 5.32 Å². The molecule has 2 amide bonds. The molecule has 8 heteroatoms. The number of carbonyl (C=O) groups excluding carboxylic acids is 2. The molecule has 0 aliphatic carbocycles. The van der Waals surface area contributed by atoms with Crippen LogP contribution in [0.4, 0.5) is 5.69 Å². The molecule has 1 aromatic carbocycles. The van der Waals surface area contributed by atoms with Crippen LogP contribution >= 0.6 is 11.8 Å². The van der Waals surface area contributed by atoms with Crippen LogP contribution in [0.15, 0.2) is 47.8 Å². The number of amides is 2. The van der Waals surface area contributed by atoms with Crippen molar-refractivity contribution in [2.45, 2.75) is 24.4 Å². The van der Waals surface area contributed by atoms with E-state index in [1.54, 1.807) is 30.5 Å². The lowest BCUT2D eigenvalue weighted by molar-refractivity contribution is -0.113. The topological polar surface area (TPSA) is 91.0 Å². The van der Waals surface area contributed by atoms with E-state index in [2.05, 4.69) is 20.3 Å². The highest BCUT2D eigenvalue weighted by Gasteiger charge is 2.18. The minimum absolute atomic E-state index is 0.0617. The number of piperidine rings is 1. The number of pyridine rings is 1. The van der Waals surface area contributed by atoms with E-state index in [4.69, 9.17) is 0 Å². The lowest BCUT2D eigenvalue weighted by Gasteiger charge is -2.26. The molecule has 0 atom stereocenters. The van der Waals surface area contributed by atoms with Crippen molar-refractivity contribution in [1.29, 1.82) is 0 Å². The molecule has 1 fully saturated rings. The first-order valence-electron chi connectivity index (χ1n) is 9.32. The molecule has 3 heterocycles. The molecule has 2 aromatic heterocycles. The van der Waals surface area contributed by atoms with E-state index in [0.717, 1.165) is 31.4 Å². The Labute approximate surface area is 166 Å². The second-order valence-corrected chi connectivity index (χ2v) is 7.65. The molecule has 4 rings (SSSR count). The molecule has 0 unspecified atom stereocenters. The second kappa shape index (κ2) is 8.43. The lowest BCUT2D eigenvalue weighted by atomic mass is 10.1. The molecule has 0 bridgehead atoms. The highest BCUT2D eigenvalue weighted by molar-refractivity contribution is 7.99. The van der Waals surface area contributed by atoms with E-state index in [-0.39, 0.29) is 17.6 Å². The molecule has 0 saturated carbocycles. The van der Waals surface area contributed by atoms with Crippen molar-refractivity contribution >= 4 is 40.4 Å². The third-order valence-corrected chi connectivity index (χ3v) is 5.51. The maximum absolute atomic E-state index is 12.5. The average Bonchev–Trinajstić information content (AvgIpc) is 3.16. The van der Waals surface area contributed by atoms with Crippen molar-refractivity contribution in [2.24, 2.45) is 0 Å². The van der Waals surface area contributed by atoms with Crippen molar-refractivity contribution in [2.75, 3.05) is 24.2 Å². The zero-order valence-electron chi connectivity index (χ0n) is 15.4. The number of anilines is 1. The molecular formula is C20H21N5O2S. The standard InChI is InChI=1S/C20H21N5O2S/c26-17(13-28-20-23-16-5-4-10-21-18(16)24-20)22-15-8-6-14(7-9-15)19(27)25-11-2-1-3-12-25/h4-10H,1-3,11-13H2,(H,22,26)(H,21,23,24). The van der Waals surface area contributed by atoms with E-state index in [9.17, 15) is 9.59 Å². The Morgan fingerprint density at radius 2 is 1.89 bits per heavy atom. The summed E-state index contributed by atoms with van der Waals surface area (Å²) in [4.78, 5) is 38.2. The van der Waals surface area contributed by atoms with Gasteiger partial charge in [-0.15, -0.1) is 0 Å². The summed E-state index contributed by atoms with van der Waals surface area (Å²) in [7, 11) is 0. The van der Waals surface area contributed by atoms with E-state index < -0.39 is 0 Å². The van der Waals surface area contributed by atoms with Gasteiger partial charge in [-0.05, 0) is 55.7 Å². The number of carbonyl (C=O) groups is 2. The number of likely N-dealkylation sites (tertiary alicyclic amines) is 1. The number of hydrogen-bond acceptors (Lipinski definition) is 5. The van der Waals surface area contributed by atoms with Crippen LogP contribution in [0.3, 0.4) is 0 Å². The number of fused-ring (bicyclic) bond motifs is 1. The largest absolute Gasteiger partial charge is 0.339 e. The highest BCUT2D eigenvalue weighted by Crippen LogP contribution is 2.19. The van der Waals surface area contributed by atoms with Crippen LogP contribution in [0.25, 0.3) is 11.2 Å². The van der Waals surface area contributed by atoms with Crippen molar-refractivity contribution in [3.8, 4) is 0 Å². The smallest absolute Gasteiger partial charge is 0.253 e. The Kier molecular flexibility index (Phi) is 5.57. The summed E-state index contributed by atoms with van der Waals surface area (Å²) in [5.74, 6) is 0.161. The van der Waals surface area contributed by atoms with Gasteiger partial charge in [-0.2, -0.15) is 0 Å². The molecule has 0 radical (unpaired) electrons. The molecule has 1 saturated heterocycles. The summed E-state index contributed by atoms with van der Waals surface area (Å²) in [6, 6.07) is 10.8. The maximum Gasteiger partial charge on any atom is 0.253 e. The molecule has 2 N–H and O–H groups in total. The van der Waals surface area contributed by atoms with Gasteiger partial charge in [0.1, 0.15) is 0 Å². The van der Waals surface area contributed by atoms with Crippen LogP contribution in [0, 0.1) is 0 Å². The van der Waals surface area contributed by atoms with Crippen molar-refractivity contribution in [3.05, 3.63) is 48.2 Å². The molecule has 1 aliphatic heterocycles. The number of nitrogens with zero attached hydrogens (tertiary/aromatic N) is 3. The first-order chi connectivity index (χ1) is 13.7. The van der Waals surface area contributed by atoms with Gasteiger partial charge in [0.15, 0.2) is 10.8 Å². The first kappa shape index (κ1) is 18.5. The summed E-state index contributed by atoms with van der Waals surface area (Å²) in [6.45, 7) is 1.65. The van der Waals surface area contributed by atoms with Crippen LogP contribution in [-0.2, 0) is 4.79 Å². The lowest BCUT2D eigenvalue weighted by Crippen LogP contribution is -2.35. The predicted octanol–water partition coefficient (Wildman–Crippen LogP) is 3.31. The molecule has 0 spiro atoms. The quantitative estimate of drug-likeness (QED) is 0.647. The average molecular weight is 395 g/mol. The SMILES string of the molecule is O=C(CSc1nc2ncccc2[nH]1)Nc1ccc(C(=O)N2CCCCC2)cc1. The molecular weight excluding hydrogens is 374 g/mol. The number of aromatic amines is 1. The number of hydrogen-bond donors (Lipinski definition) is 2. The van der Waals surface area contributed by atoms with Gasteiger partial charge in [-0.1, -0.05) is 11.8 Å². The van der Waals surface area contributed by atoms with Crippen LogP contribution in [0.1, 0.15) is 29.6 Å². The minimum Gasteiger partial charge on any atom is -0.339 e. The number of benzene rings is 1. The van der Waals surface area contributed by atoms with Crippen LogP contribution in [-0.4, -0.2) is 50.5 Å². The van der Waals surface area contributed by atoms with E-state index in [0.29, 0.717) is 22.1 Å². The fourth-order valence-corrected chi connectivity index (χ4v) is 3.87. The highest BCUT2D eigenvalue weighted by atomic mass is 32.2. The number of imidazole rings is 1. The summed E-state index contributed by atoms with van der Waals surface area (Å²) >= 11 is 1.32. The monoisotopic (exact) mass is 395 g/mol. The van der Waals surface area contributed by atoms with Gasteiger partial charge in [-0.25, -0.2) is 9.97 Å². The fourth-order valence-electron chi connectivity index (χ4n) is 3.20. The number of nitrogens with one attached hydrogen (secondary N) is 2. The van der Waals surface area contributed by atoms with E-state index in [1.807, 2.05) is 17.0 Å². The van der Waals surface area contributed by atoms with Gasteiger partial charge >= 0.3 is 0 Å². The first-order valence-corrected chi connectivity index (χ1v) is 10.3. The Bertz CT molecular complexity index is 947. The van der Waals surface area contributed by atoms with Gasteiger partial charge in [0.25, 0.3) is 5.91 Å². The number of rotatable bonds is 5. The van der Waals surface area contributed by atoms with Gasteiger partial charge in [0, 0.05) is 30.5 Å². The summed E-state index contributed by atoms with van der Waals surface area (Å²) in [6.07, 6.45) is 5.01. The number of thioether (sulfide) groups is 1. The molecule has 7 nitrogen and oxygen atoms in total. The summed E-state index contributed by atoms with van der Waals surface area (Å²) in [5, 5.41) is 3.51. The Balaban J connectivity index is 1.31. The van der Waals surface area contributed by atoms with Gasteiger partial charge in [0.2, 0.25) is 5.91 Å². The van der Waals surface area contributed by atoms with E-state index >= 15 is 0 Å². The maximum atomic E-state index is 12.5.